The summed E-state index contributed by atoms with van der Waals surface area (Å²) < 4.78 is 4.63. The molecule has 0 spiro atoms. The summed E-state index contributed by atoms with van der Waals surface area (Å²) in [7, 11) is 1.30. The molecule has 8 nitrogen and oxygen atoms in total. The zero-order chi connectivity index (χ0) is 11.5. The maximum absolute atomic E-state index is 11.9. The molecule has 1 aromatic rings. The molecule has 1 aromatic heterocycles. The first-order chi connectivity index (χ1) is 7.74. The molecule has 0 aliphatic carbocycles. The molecule has 1 N–H and O–H groups in total. The smallest absolute Gasteiger partial charge is 0.328 e. The highest BCUT2D eigenvalue weighted by atomic mass is 16.5. The first-order valence-electron chi connectivity index (χ1n) is 4.86. The molecule has 1 aliphatic rings. The van der Waals surface area contributed by atoms with Gasteiger partial charge >= 0.3 is 5.97 Å². The van der Waals surface area contributed by atoms with Crippen molar-refractivity contribution in [2.45, 2.75) is 18.9 Å². The standard InChI is InChI=1S/C8H11N5O3/c1-16-8(15)5-3-2-4-13(5)7(14)6-9-11-12-10-6/h5H,2-4H2,1H3,(H,9,10,11,12). The van der Waals surface area contributed by atoms with Gasteiger partial charge in [0.15, 0.2) is 0 Å². The molecule has 1 fully saturated rings. The third-order valence-corrected chi connectivity index (χ3v) is 2.52. The quantitative estimate of drug-likeness (QED) is 0.646. The molecule has 2 heterocycles. The number of rotatable bonds is 2. The van der Waals surface area contributed by atoms with Gasteiger partial charge in [-0.1, -0.05) is 0 Å². The van der Waals surface area contributed by atoms with E-state index in [1.165, 1.54) is 12.0 Å². The Morgan fingerprint density at radius 3 is 3.00 bits per heavy atom. The van der Waals surface area contributed by atoms with E-state index in [4.69, 9.17) is 0 Å². The number of carbonyl (C=O) groups excluding carboxylic acids is 2. The van der Waals surface area contributed by atoms with Crippen molar-refractivity contribution in [1.29, 1.82) is 0 Å². The lowest BCUT2D eigenvalue weighted by Crippen LogP contribution is -2.41. The number of amides is 1. The Bertz CT molecular complexity index is 390. The average molecular weight is 225 g/mol. The molecule has 2 rings (SSSR count). The van der Waals surface area contributed by atoms with Crippen LogP contribution in [0.4, 0.5) is 0 Å². The molecule has 8 heteroatoms. The molecular formula is C8H11N5O3. The predicted molar refractivity (Wildman–Crippen MR) is 50.3 cm³/mol. The number of ether oxygens (including phenoxy) is 1. The molecule has 0 saturated carbocycles. The topological polar surface area (TPSA) is 101 Å². The first-order valence-corrected chi connectivity index (χ1v) is 4.86. The first kappa shape index (κ1) is 10.5. The van der Waals surface area contributed by atoms with Crippen LogP contribution in [0.2, 0.25) is 0 Å². The number of carbonyl (C=O) groups is 2. The second kappa shape index (κ2) is 4.25. The number of tetrazole rings is 1. The molecule has 0 bridgehead atoms. The lowest BCUT2D eigenvalue weighted by Gasteiger charge is -2.20. The van der Waals surface area contributed by atoms with Crippen LogP contribution in [-0.2, 0) is 9.53 Å². The maximum atomic E-state index is 11.9. The van der Waals surface area contributed by atoms with Crippen LogP contribution in [0.15, 0.2) is 0 Å². The number of aromatic nitrogens is 4. The molecule has 0 radical (unpaired) electrons. The number of likely N-dealkylation sites (tertiary alicyclic amines) is 1. The fourth-order valence-electron chi connectivity index (χ4n) is 1.77. The minimum absolute atomic E-state index is 0.0317. The van der Waals surface area contributed by atoms with Crippen molar-refractivity contribution in [3.05, 3.63) is 5.82 Å². The molecule has 16 heavy (non-hydrogen) atoms. The zero-order valence-corrected chi connectivity index (χ0v) is 8.71. The molecule has 0 aromatic carbocycles. The van der Waals surface area contributed by atoms with Gasteiger partial charge in [-0.15, -0.1) is 10.2 Å². The summed E-state index contributed by atoms with van der Waals surface area (Å²) in [6, 6.07) is -0.531. The molecular weight excluding hydrogens is 214 g/mol. The Kier molecular flexibility index (Phi) is 2.80. The van der Waals surface area contributed by atoms with Crippen molar-refractivity contribution in [3.8, 4) is 0 Å². The largest absolute Gasteiger partial charge is 0.467 e. The van der Waals surface area contributed by atoms with Crippen LogP contribution in [0.5, 0.6) is 0 Å². The number of nitrogens with zero attached hydrogens (tertiary/aromatic N) is 4. The highest BCUT2D eigenvalue weighted by Crippen LogP contribution is 2.19. The number of hydrogen-bond donors (Lipinski definition) is 1. The number of nitrogens with one attached hydrogen (secondary N) is 1. The Labute approximate surface area is 91.0 Å². The van der Waals surface area contributed by atoms with Crippen molar-refractivity contribution in [1.82, 2.24) is 25.5 Å². The molecule has 1 saturated heterocycles. The summed E-state index contributed by atoms with van der Waals surface area (Å²) in [5.74, 6) is -0.841. The summed E-state index contributed by atoms with van der Waals surface area (Å²) in [6.07, 6.45) is 1.37. The van der Waals surface area contributed by atoms with Crippen LogP contribution in [0, 0.1) is 0 Å². The third-order valence-electron chi connectivity index (χ3n) is 2.52. The van der Waals surface area contributed by atoms with Gasteiger partial charge in [0.05, 0.1) is 7.11 Å². The fourth-order valence-corrected chi connectivity index (χ4v) is 1.77. The molecule has 1 amide bonds. The number of methoxy groups -OCH3 is 1. The highest BCUT2D eigenvalue weighted by molar-refractivity contribution is 5.93. The van der Waals surface area contributed by atoms with Gasteiger partial charge in [-0.3, -0.25) is 4.79 Å². The van der Waals surface area contributed by atoms with E-state index in [1.54, 1.807) is 0 Å². The van der Waals surface area contributed by atoms with Gasteiger partial charge in [-0.25, -0.2) is 4.79 Å². The van der Waals surface area contributed by atoms with E-state index >= 15 is 0 Å². The average Bonchev–Trinajstić information content (AvgIpc) is 2.97. The van der Waals surface area contributed by atoms with E-state index in [0.29, 0.717) is 13.0 Å². The van der Waals surface area contributed by atoms with Gasteiger partial charge in [0.2, 0.25) is 0 Å². The van der Waals surface area contributed by atoms with Gasteiger partial charge < -0.3 is 9.64 Å². The molecule has 1 unspecified atom stereocenters. The van der Waals surface area contributed by atoms with Crippen LogP contribution in [0.3, 0.4) is 0 Å². The summed E-state index contributed by atoms with van der Waals surface area (Å²) in [4.78, 5) is 24.7. The number of aromatic amines is 1. The van der Waals surface area contributed by atoms with Crippen molar-refractivity contribution >= 4 is 11.9 Å². The summed E-state index contributed by atoms with van der Waals surface area (Å²) in [5.41, 5.74) is 0. The molecule has 1 aliphatic heterocycles. The second-order valence-corrected chi connectivity index (χ2v) is 3.42. The SMILES string of the molecule is COC(=O)C1CCCN1C(=O)c1nn[nH]n1. The maximum Gasteiger partial charge on any atom is 0.328 e. The van der Waals surface area contributed by atoms with Crippen molar-refractivity contribution in [2.75, 3.05) is 13.7 Å². The van der Waals surface area contributed by atoms with Gasteiger partial charge in [0.1, 0.15) is 6.04 Å². The lowest BCUT2D eigenvalue weighted by molar-refractivity contribution is -0.145. The molecule has 86 valence electrons. The predicted octanol–water partition coefficient (Wildman–Crippen LogP) is -1.02. The van der Waals surface area contributed by atoms with Gasteiger partial charge in [0.25, 0.3) is 11.7 Å². The summed E-state index contributed by atoms with van der Waals surface area (Å²) in [5, 5.41) is 12.7. The van der Waals surface area contributed by atoms with Gasteiger partial charge in [-0.2, -0.15) is 5.21 Å². The minimum atomic E-state index is -0.531. The van der Waals surface area contributed by atoms with E-state index < -0.39 is 17.9 Å². The lowest BCUT2D eigenvalue weighted by atomic mass is 10.2. The zero-order valence-electron chi connectivity index (χ0n) is 8.71. The molecule has 1 atom stereocenters. The minimum Gasteiger partial charge on any atom is -0.467 e. The van der Waals surface area contributed by atoms with E-state index in [9.17, 15) is 9.59 Å². The normalized spacial score (nSPS) is 19.8. The van der Waals surface area contributed by atoms with E-state index in [0.717, 1.165) is 6.42 Å². The Morgan fingerprint density at radius 2 is 2.38 bits per heavy atom. The van der Waals surface area contributed by atoms with Crippen molar-refractivity contribution in [2.24, 2.45) is 0 Å². The van der Waals surface area contributed by atoms with Crippen LogP contribution in [0.1, 0.15) is 23.5 Å². The monoisotopic (exact) mass is 225 g/mol. The number of hydrogen-bond acceptors (Lipinski definition) is 6. The Balaban J connectivity index is 2.14. The second-order valence-electron chi connectivity index (χ2n) is 3.42. The van der Waals surface area contributed by atoms with Crippen molar-refractivity contribution < 1.29 is 14.3 Å². The third kappa shape index (κ3) is 1.73. The highest BCUT2D eigenvalue weighted by Gasteiger charge is 2.36. The Hall–Kier alpha value is -1.99. The van der Waals surface area contributed by atoms with Crippen LogP contribution in [-0.4, -0.2) is 57.1 Å². The van der Waals surface area contributed by atoms with E-state index in [2.05, 4.69) is 25.4 Å². The number of H-pyrrole nitrogens is 1. The van der Waals surface area contributed by atoms with E-state index in [-0.39, 0.29) is 5.82 Å². The van der Waals surface area contributed by atoms with Crippen LogP contribution < -0.4 is 0 Å². The number of esters is 1. The Morgan fingerprint density at radius 1 is 1.56 bits per heavy atom. The van der Waals surface area contributed by atoms with Crippen LogP contribution >= 0.6 is 0 Å². The van der Waals surface area contributed by atoms with Gasteiger partial charge in [-0.05, 0) is 18.1 Å². The van der Waals surface area contributed by atoms with Gasteiger partial charge in [0, 0.05) is 6.54 Å². The van der Waals surface area contributed by atoms with Crippen LogP contribution in [0.25, 0.3) is 0 Å². The summed E-state index contributed by atoms with van der Waals surface area (Å²) >= 11 is 0. The summed E-state index contributed by atoms with van der Waals surface area (Å²) in [6.45, 7) is 0.507. The van der Waals surface area contributed by atoms with Crippen molar-refractivity contribution in [3.63, 3.8) is 0 Å². The fraction of sp³-hybridized carbons (Fsp3) is 0.625. The van der Waals surface area contributed by atoms with E-state index in [1.807, 2.05) is 0 Å².